The zero-order valence-electron chi connectivity index (χ0n) is 8.17. The van der Waals surface area contributed by atoms with Gasteiger partial charge in [0, 0.05) is 21.4 Å². The summed E-state index contributed by atoms with van der Waals surface area (Å²) in [6.07, 6.45) is 1.09. The molecular formula is C11H14BrClS. The first-order valence-corrected chi connectivity index (χ1v) is 7.02. The van der Waals surface area contributed by atoms with Crippen molar-refractivity contribution in [1.29, 1.82) is 0 Å². The standard InChI is InChI=1S/C11H14BrClS/c1-9(6-7-13)14-8-10-2-4-11(12)5-3-10/h2-5,9H,6-8H2,1H3. The molecule has 1 aromatic rings. The van der Waals surface area contributed by atoms with E-state index in [4.69, 9.17) is 11.6 Å². The fourth-order valence-corrected chi connectivity index (χ4v) is 2.73. The summed E-state index contributed by atoms with van der Waals surface area (Å²) >= 11 is 11.1. The molecule has 0 saturated carbocycles. The van der Waals surface area contributed by atoms with Crippen LogP contribution in [0.1, 0.15) is 18.9 Å². The van der Waals surface area contributed by atoms with Crippen LogP contribution in [0.5, 0.6) is 0 Å². The highest BCUT2D eigenvalue weighted by Crippen LogP contribution is 2.21. The molecule has 0 aliphatic carbocycles. The lowest BCUT2D eigenvalue weighted by Gasteiger charge is -2.08. The fourth-order valence-electron chi connectivity index (χ4n) is 1.06. The van der Waals surface area contributed by atoms with Gasteiger partial charge in [-0.25, -0.2) is 0 Å². The maximum Gasteiger partial charge on any atom is 0.0233 e. The average Bonchev–Trinajstić information content (AvgIpc) is 2.17. The van der Waals surface area contributed by atoms with Crippen molar-refractivity contribution in [3.63, 3.8) is 0 Å². The topological polar surface area (TPSA) is 0 Å². The van der Waals surface area contributed by atoms with Gasteiger partial charge in [0.25, 0.3) is 0 Å². The van der Waals surface area contributed by atoms with Crippen LogP contribution in [0.25, 0.3) is 0 Å². The van der Waals surface area contributed by atoms with E-state index in [0.29, 0.717) is 5.25 Å². The summed E-state index contributed by atoms with van der Waals surface area (Å²) in [6, 6.07) is 8.49. The number of alkyl halides is 1. The predicted molar refractivity (Wildman–Crippen MR) is 70.2 cm³/mol. The van der Waals surface area contributed by atoms with Gasteiger partial charge in [-0.2, -0.15) is 11.8 Å². The van der Waals surface area contributed by atoms with E-state index in [1.807, 2.05) is 11.8 Å². The maximum atomic E-state index is 5.68. The molecule has 0 heterocycles. The molecule has 0 bridgehead atoms. The third-order valence-corrected chi connectivity index (χ3v) is 4.02. The highest BCUT2D eigenvalue weighted by atomic mass is 79.9. The van der Waals surface area contributed by atoms with E-state index < -0.39 is 0 Å². The molecule has 0 radical (unpaired) electrons. The number of halogens is 2. The molecule has 0 fully saturated rings. The highest BCUT2D eigenvalue weighted by Gasteiger charge is 2.01. The molecule has 1 aromatic carbocycles. The van der Waals surface area contributed by atoms with Gasteiger partial charge >= 0.3 is 0 Å². The van der Waals surface area contributed by atoms with Crippen molar-refractivity contribution >= 4 is 39.3 Å². The smallest absolute Gasteiger partial charge is 0.0233 e. The molecule has 0 saturated heterocycles. The monoisotopic (exact) mass is 292 g/mol. The van der Waals surface area contributed by atoms with Crippen molar-refractivity contribution in [2.24, 2.45) is 0 Å². The van der Waals surface area contributed by atoms with Crippen molar-refractivity contribution in [2.75, 3.05) is 5.88 Å². The Morgan fingerprint density at radius 3 is 2.57 bits per heavy atom. The molecule has 1 rings (SSSR count). The lowest BCUT2D eigenvalue weighted by Crippen LogP contribution is -1.97. The van der Waals surface area contributed by atoms with E-state index in [2.05, 4.69) is 47.1 Å². The van der Waals surface area contributed by atoms with Gasteiger partial charge in [-0.1, -0.05) is 35.0 Å². The number of rotatable bonds is 5. The van der Waals surface area contributed by atoms with Crippen molar-refractivity contribution in [2.45, 2.75) is 24.3 Å². The minimum atomic E-state index is 0.649. The summed E-state index contributed by atoms with van der Waals surface area (Å²) in [5.41, 5.74) is 1.37. The van der Waals surface area contributed by atoms with E-state index in [-0.39, 0.29) is 0 Å². The molecule has 1 unspecified atom stereocenters. The van der Waals surface area contributed by atoms with Crippen molar-refractivity contribution in [3.05, 3.63) is 34.3 Å². The average molecular weight is 294 g/mol. The number of thioether (sulfide) groups is 1. The van der Waals surface area contributed by atoms with Gasteiger partial charge in [-0.15, -0.1) is 11.6 Å². The Labute approximate surface area is 104 Å². The third-order valence-electron chi connectivity index (χ3n) is 1.96. The Hall–Kier alpha value is 0.340. The molecule has 1 atom stereocenters. The summed E-state index contributed by atoms with van der Waals surface area (Å²) in [4.78, 5) is 0. The first-order valence-electron chi connectivity index (χ1n) is 4.64. The summed E-state index contributed by atoms with van der Waals surface area (Å²) in [5, 5.41) is 0.649. The fraction of sp³-hybridized carbons (Fsp3) is 0.455. The molecule has 0 spiro atoms. The van der Waals surface area contributed by atoms with E-state index in [9.17, 15) is 0 Å². The van der Waals surface area contributed by atoms with Crippen LogP contribution in [-0.2, 0) is 5.75 Å². The zero-order valence-corrected chi connectivity index (χ0v) is 11.3. The minimum absolute atomic E-state index is 0.649. The molecule has 0 aliphatic heterocycles. The lowest BCUT2D eigenvalue weighted by molar-refractivity contribution is 0.912. The Balaban J connectivity index is 2.34. The molecule has 3 heteroatoms. The van der Waals surface area contributed by atoms with Gasteiger partial charge in [-0.05, 0) is 24.1 Å². The van der Waals surface area contributed by atoms with Crippen LogP contribution in [0.2, 0.25) is 0 Å². The maximum absolute atomic E-state index is 5.68. The predicted octanol–water partition coefficient (Wildman–Crippen LogP) is 4.70. The largest absolute Gasteiger partial charge is 0.154 e. The highest BCUT2D eigenvalue weighted by molar-refractivity contribution is 9.10. The van der Waals surface area contributed by atoms with E-state index in [1.54, 1.807) is 0 Å². The minimum Gasteiger partial charge on any atom is -0.154 e. The Morgan fingerprint density at radius 1 is 1.36 bits per heavy atom. The first kappa shape index (κ1) is 12.4. The molecule has 0 amide bonds. The van der Waals surface area contributed by atoms with E-state index in [0.717, 1.165) is 22.5 Å². The third kappa shape index (κ3) is 4.72. The van der Waals surface area contributed by atoms with Gasteiger partial charge < -0.3 is 0 Å². The Kier molecular flexibility index (Phi) is 5.99. The van der Waals surface area contributed by atoms with Crippen LogP contribution in [0, 0.1) is 0 Å². The summed E-state index contributed by atoms with van der Waals surface area (Å²) in [6.45, 7) is 2.23. The normalized spacial score (nSPS) is 12.8. The second kappa shape index (κ2) is 6.76. The number of benzene rings is 1. The number of hydrogen-bond acceptors (Lipinski definition) is 1. The quantitative estimate of drug-likeness (QED) is 0.709. The second-order valence-electron chi connectivity index (χ2n) is 3.23. The van der Waals surface area contributed by atoms with Gasteiger partial charge in [0.15, 0.2) is 0 Å². The second-order valence-corrected chi connectivity index (χ2v) is 5.95. The molecule has 0 aliphatic rings. The van der Waals surface area contributed by atoms with Crippen LogP contribution in [0.4, 0.5) is 0 Å². The first-order chi connectivity index (χ1) is 6.72. The zero-order chi connectivity index (χ0) is 10.4. The molecule has 0 N–H and O–H groups in total. The van der Waals surface area contributed by atoms with Crippen LogP contribution < -0.4 is 0 Å². The lowest BCUT2D eigenvalue weighted by atomic mass is 10.2. The summed E-state index contributed by atoms with van der Waals surface area (Å²) in [5.74, 6) is 1.83. The van der Waals surface area contributed by atoms with Gasteiger partial charge in [0.05, 0.1) is 0 Å². The molecule has 14 heavy (non-hydrogen) atoms. The van der Waals surface area contributed by atoms with Crippen molar-refractivity contribution < 1.29 is 0 Å². The number of hydrogen-bond donors (Lipinski definition) is 0. The van der Waals surface area contributed by atoms with E-state index in [1.165, 1.54) is 5.56 Å². The van der Waals surface area contributed by atoms with Gasteiger partial charge in [-0.3, -0.25) is 0 Å². The SMILES string of the molecule is CC(CCCl)SCc1ccc(Br)cc1. The Morgan fingerprint density at radius 2 is 2.00 bits per heavy atom. The van der Waals surface area contributed by atoms with Crippen LogP contribution in [0.3, 0.4) is 0 Å². The molecule has 0 nitrogen and oxygen atoms in total. The Bertz CT molecular complexity index is 260. The van der Waals surface area contributed by atoms with Crippen molar-refractivity contribution in [3.8, 4) is 0 Å². The van der Waals surface area contributed by atoms with Gasteiger partial charge in [0.1, 0.15) is 0 Å². The van der Waals surface area contributed by atoms with E-state index >= 15 is 0 Å². The van der Waals surface area contributed by atoms with Gasteiger partial charge in [0.2, 0.25) is 0 Å². The summed E-state index contributed by atoms with van der Waals surface area (Å²) in [7, 11) is 0. The van der Waals surface area contributed by atoms with Crippen LogP contribution in [0.15, 0.2) is 28.7 Å². The summed E-state index contributed by atoms with van der Waals surface area (Å²) < 4.78 is 1.14. The van der Waals surface area contributed by atoms with Crippen LogP contribution in [-0.4, -0.2) is 11.1 Å². The molecular weight excluding hydrogens is 280 g/mol. The molecule has 78 valence electrons. The molecule has 0 aromatic heterocycles. The van der Waals surface area contributed by atoms with Crippen molar-refractivity contribution in [1.82, 2.24) is 0 Å². The van der Waals surface area contributed by atoms with Crippen LogP contribution >= 0.6 is 39.3 Å².